The summed E-state index contributed by atoms with van der Waals surface area (Å²) in [5, 5.41) is 0.209. The monoisotopic (exact) mass is 365 g/mol. The maximum Gasteiger partial charge on any atom is 0.434 e. The first-order valence-electron chi connectivity index (χ1n) is 7.48. The van der Waals surface area contributed by atoms with E-state index in [1.807, 2.05) is 0 Å². The summed E-state index contributed by atoms with van der Waals surface area (Å²) in [7, 11) is 0. The smallest absolute Gasteiger partial charge is 0.434 e. The van der Waals surface area contributed by atoms with Crippen LogP contribution in [0.2, 0.25) is 0 Å². The third-order valence-electron chi connectivity index (χ3n) is 3.42. The molecule has 0 spiro atoms. The van der Waals surface area contributed by atoms with Crippen LogP contribution in [0.1, 0.15) is 23.0 Å². The van der Waals surface area contributed by atoms with Gasteiger partial charge in [-0.05, 0) is 37.3 Å². The van der Waals surface area contributed by atoms with Gasteiger partial charge in [-0.1, -0.05) is 6.07 Å². The van der Waals surface area contributed by atoms with Crippen molar-refractivity contribution in [3.8, 4) is 11.4 Å². The summed E-state index contributed by atoms with van der Waals surface area (Å²) in [5.74, 6) is -1.86. The second-order valence-electron chi connectivity index (χ2n) is 5.19. The minimum Gasteiger partial charge on any atom is -0.462 e. The van der Waals surface area contributed by atoms with E-state index in [1.165, 1.54) is 31.2 Å². The third kappa shape index (κ3) is 3.46. The molecular formula is C17H11F4N3O2. The van der Waals surface area contributed by atoms with Crippen molar-refractivity contribution >= 4 is 17.0 Å². The second kappa shape index (κ2) is 6.66. The highest BCUT2D eigenvalue weighted by molar-refractivity contribution is 5.95. The van der Waals surface area contributed by atoms with E-state index in [1.54, 1.807) is 0 Å². The van der Waals surface area contributed by atoms with Gasteiger partial charge in [-0.15, -0.1) is 0 Å². The molecule has 0 aliphatic heterocycles. The lowest BCUT2D eigenvalue weighted by Crippen LogP contribution is -2.17. The summed E-state index contributed by atoms with van der Waals surface area (Å²) in [4.78, 5) is 23.0. The molecule has 3 aromatic rings. The molecule has 0 radical (unpaired) electrons. The lowest BCUT2D eigenvalue weighted by molar-refractivity contribution is -0.141. The van der Waals surface area contributed by atoms with Crippen molar-refractivity contribution in [2.75, 3.05) is 6.61 Å². The molecule has 0 fully saturated rings. The fourth-order valence-electron chi connectivity index (χ4n) is 2.33. The van der Waals surface area contributed by atoms with E-state index in [-0.39, 0.29) is 29.0 Å². The molecule has 3 rings (SSSR count). The Balaban J connectivity index is 2.18. The summed E-state index contributed by atoms with van der Waals surface area (Å²) >= 11 is 0. The molecule has 3 aromatic heterocycles. The van der Waals surface area contributed by atoms with E-state index < -0.39 is 29.4 Å². The summed E-state index contributed by atoms with van der Waals surface area (Å²) in [5.41, 5.74) is -2.02. The highest BCUT2D eigenvalue weighted by atomic mass is 19.4. The number of esters is 1. The fourth-order valence-corrected chi connectivity index (χ4v) is 2.33. The standard InChI is InChI=1S/C17H11F4N3O2/c1-2-26-16(25)10-8-9-6-7-12(11-4-3-5-13(18)22-11)23-15(9)24-14(10)17(19,20)21/h3-8H,2H2,1H3. The number of alkyl halides is 3. The maximum absolute atomic E-state index is 13.3. The van der Waals surface area contributed by atoms with E-state index in [4.69, 9.17) is 0 Å². The third-order valence-corrected chi connectivity index (χ3v) is 3.42. The number of rotatable bonds is 3. The summed E-state index contributed by atoms with van der Waals surface area (Å²) in [6, 6.07) is 7.92. The molecule has 0 aliphatic carbocycles. The molecular weight excluding hydrogens is 354 g/mol. The minimum atomic E-state index is -4.87. The van der Waals surface area contributed by atoms with Crippen LogP contribution in [0.3, 0.4) is 0 Å². The maximum atomic E-state index is 13.3. The van der Waals surface area contributed by atoms with E-state index in [0.717, 1.165) is 12.1 Å². The van der Waals surface area contributed by atoms with Crippen molar-refractivity contribution in [3.63, 3.8) is 0 Å². The largest absolute Gasteiger partial charge is 0.462 e. The Morgan fingerprint density at radius 1 is 1.08 bits per heavy atom. The van der Waals surface area contributed by atoms with Gasteiger partial charge in [-0.3, -0.25) is 0 Å². The van der Waals surface area contributed by atoms with Crippen LogP contribution in [0.4, 0.5) is 17.6 Å². The van der Waals surface area contributed by atoms with Crippen LogP contribution in [0.25, 0.3) is 22.4 Å². The quantitative estimate of drug-likeness (QED) is 0.398. The molecule has 0 aliphatic rings. The Morgan fingerprint density at radius 3 is 2.46 bits per heavy atom. The van der Waals surface area contributed by atoms with Crippen LogP contribution >= 0.6 is 0 Å². The Bertz CT molecular complexity index is 989. The fraction of sp³-hybridized carbons (Fsp3) is 0.176. The lowest BCUT2D eigenvalue weighted by atomic mass is 10.1. The van der Waals surface area contributed by atoms with Gasteiger partial charge in [-0.25, -0.2) is 19.7 Å². The van der Waals surface area contributed by atoms with Crippen molar-refractivity contribution in [2.45, 2.75) is 13.1 Å². The SMILES string of the molecule is CCOC(=O)c1cc2ccc(-c3cccc(F)n3)nc2nc1C(F)(F)F. The van der Waals surface area contributed by atoms with Gasteiger partial charge in [0.2, 0.25) is 5.95 Å². The van der Waals surface area contributed by atoms with Gasteiger partial charge in [0.25, 0.3) is 0 Å². The first kappa shape index (κ1) is 17.7. The molecule has 0 saturated heterocycles. The number of carbonyl (C=O) groups excluding carboxylic acids is 1. The minimum absolute atomic E-state index is 0.0728. The normalized spacial score (nSPS) is 11.6. The molecule has 134 valence electrons. The molecule has 0 N–H and O–H groups in total. The van der Waals surface area contributed by atoms with Gasteiger partial charge >= 0.3 is 12.1 Å². The van der Waals surface area contributed by atoms with Crippen molar-refractivity contribution in [2.24, 2.45) is 0 Å². The van der Waals surface area contributed by atoms with Crippen LogP contribution in [0.15, 0.2) is 36.4 Å². The van der Waals surface area contributed by atoms with Crippen LogP contribution in [-0.4, -0.2) is 27.5 Å². The Morgan fingerprint density at radius 2 is 1.81 bits per heavy atom. The van der Waals surface area contributed by atoms with Gasteiger partial charge < -0.3 is 4.74 Å². The topological polar surface area (TPSA) is 65.0 Å². The Labute approximate surface area is 144 Å². The molecule has 26 heavy (non-hydrogen) atoms. The van der Waals surface area contributed by atoms with E-state index in [9.17, 15) is 22.4 Å². The first-order chi connectivity index (χ1) is 12.3. The number of aromatic nitrogens is 3. The van der Waals surface area contributed by atoms with E-state index >= 15 is 0 Å². The Hall–Kier alpha value is -3.10. The molecule has 5 nitrogen and oxygen atoms in total. The number of ether oxygens (including phenoxy) is 1. The zero-order valence-electron chi connectivity index (χ0n) is 13.3. The zero-order valence-corrected chi connectivity index (χ0v) is 13.3. The highest BCUT2D eigenvalue weighted by Gasteiger charge is 2.38. The average Bonchev–Trinajstić information content (AvgIpc) is 2.59. The van der Waals surface area contributed by atoms with Crippen LogP contribution in [0.5, 0.6) is 0 Å². The van der Waals surface area contributed by atoms with Gasteiger partial charge in [-0.2, -0.15) is 17.6 Å². The van der Waals surface area contributed by atoms with Crippen molar-refractivity contribution < 1.29 is 27.1 Å². The lowest BCUT2D eigenvalue weighted by Gasteiger charge is -2.12. The van der Waals surface area contributed by atoms with Gasteiger partial charge in [0.1, 0.15) is 0 Å². The summed E-state index contributed by atoms with van der Waals surface area (Å²) in [6.45, 7) is 1.41. The molecule has 0 aromatic carbocycles. The molecule has 0 bridgehead atoms. The highest BCUT2D eigenvalue weighted by Crippen LogP contribution is 2.33. The van der Waals surface area contributed by atoms with Gasteiger partial charge in [0, 0.05) is 5.39 Å². The summed E-state index contributed by atoms with van der Waals surface area (Å²) < 4.78 is 57.8. The average molecular weight is 365 g/mol. The molecule has 0 unspecified atom stereocenters. The number of pyridine rings is 3. The summed E-state index contributed by atoms with van der Waals surface area (Å²) in [6.07, 6.45) is -4.87. The first-order valence-corrected chi connectivity index (χ1v) is 7.48. The number of carbonyl (C=O) groups is 1. The predicted octanol–water partition coefficient (Wildman–Crippen LogP) is 4.03. The van der Waals surface area contributed by atoms with Crippen LogP contribution < -0.4 is 0 Å². The molecule has 0 amide bonds. The molecule has 3 heterocycles. The van der Waals surface area contributed by atoms with Gasteiger partial charge in [0.05, 0.1) is 23.6 Å². The van der Waals surface area contributed by atoms with Crippen molar-refractivity contribution in [1.82, 2.24) is 15.0 Å². The predicted molar refractivity (Wildman–Crippen MR) is 83.7 cm³/mol. The van der Waals surface area contributed by atoms with Crippen molar-refractivity contribution in [1.29, 1.82) is 0 Å². The number of nitrogens with zero attached hydrogens (tertiary/aromatic N) is 3. The van der Waals surface area contributed by atoms with E-state index in [2.05, 4.69) is 19.7 Å². The molecule has 0 saturated carbocycles. The van der Waals surface area contributed by atoms with Crippen LogP contribution in [0, 0.1) is 5.95 Å². The van der Waals surface area contributed by atoms with Crippen LogP contribution in [-0.2, 0) is 10.9 Å². The Kier molecular flexibility index (Phi) is 4.54. The molecule has 0 atom stereocenters. The molecule has 9 heteroatoms. The van der Waals surface area contributed by atoms with Crippen molar-refractivity contribution in [3.05, 3.63) is 53.6 Å². The number of hydrogen-bond donors (Lipinski definition) is 0. The number of halogens is 4. The van der Waals surface area contributed by atoms with E-state index in [0.29, 0.717) is 0 Å². The number of fused-ring (bicyclic) bond motifs is 1. The zero-order chi connectivity index (χ0) is 18.9. The number of hydrogen-bond acceptors (Lipinski definition) is 5. The van der Waals surface area contributed by atoms with Gasteiger partial charge in [0.15, 0.2) is 11.3 Å². The second-order valence-corrected chi connectivity index (χ2v) is 5.19.